The van der Waals surface area contributed by atoms with Crippen molar-refractivity contribution >= 4 is 23.3 Å². The van der Waals surface area contributed by atoms with Gasteiger partial charge in [0, 0.05) is 44.1 Å². The fraction of sp³-hybridized carbons (Fsp3) is 0.259. The lowest BCUT2D eigenvalue weighted by Crippen LogP contribution is -2.49. The van der Waals surface area contributed by atoms with Crippen molar-refractivity contribution in [2.75, 3.05) is 36.4 Å². The number of hydrogen-bond donors (Lipinski definition) is 2. The van der Waals surface area contributed by atoms with Crippen LogP contribution >= 0.6 is 0 Å². The standard InChI is InChI=1S/C27H30N4O2/c1-21-6-5-9-23(18-21)19-26(32)31-16-14-30(15-17-31)25-12-10-24(11-13-25)29-27(33)28-20-22-7-3-2-4-8-22/h2-13,18H,14-17,19-20H2,1H3,(H2,28,29,33). The van der Waals surface area contributed by atoms with Crippen molar-refractivity contribution in [1.82, 2.24) is 10.2 Å². The highest BCUT2D eigenvalue weighted by Crippen LogP contribution is 2.20. The van der Waals surface area contributed by atoms with Crippen LogP contribution in [0.5, 0.6) is 0 Å². The molecule has 3 aromatic rings. The first-order chi connectivity index (χ1) is 16.1. The summed E-state index contributed by atoms with van der Waals surface area (Å²) < 4.78 is 0. The maximum absolute atomic E-state index is 12.7. The van der Waals surface area contributed by atoms with Crippen molar-refractivity contribution in [2.45, 2.75) is 19.9 Å². The fourth-order valence-corrected chi connectivity index (χ4v) is 4.03. The molecule has 0 spiro atoms. The second-order valence-corrected chi connectivity index (χ2v) is 8.37. The monoisotopic (exact) mass is 442 g/mol. The van der Waals surface area contributed by atoms with E-state index in [1.807, 2.05) is 84.6 Å². The lowest BCUT2D eigenvalue weighted by Gasteiger charge is -2.36. The third-order valence-electron chi connectivity index (χ3n) is 5.86. The SMILES string of the molecule is Cc1cccc(CC(=O)N2CCN(c3ccc(NC(=O)NCc4ccccc4)cc3)CC2)c1. The Morgan fingerprint density at radius 2 is 1.52 bits per heavy atom. The highest BCUT2D eigenvalue weighted by atomic mass is 16.2. The number of nitrogens with one attached hydrogen (secondary N) is 2. The number of amides is 3. The van der Waals surface area contributed by atoms with Crippen LogP contribution in [0.4, 0.5) is 16.2 Å². The van der Waals surface area contributed by atoms with Crippen molar-refractivity contribution in [3.05, 3.63) is 95.6 Å². The number of nitrogens with zero attached hydrogens (tertiary/aromatic N) is 2. The molecule has 1 aliphatic rings. The van der Waals surface area contributed by atoms with Gasteiger partial charge >= 0.3 is 6.03 Å². The Kier molecular flexibility index (Phi) is 7.25. The summed E-state index contributed by atoms with van der Waals surface area (Å²) >= 11 is 0. The Morgan fingerprint density at radius 3 is 2.21 bits per heavy atom. The summed E-state index contributed by atoms with van der Waals surface area (Å²) in [6, 6.07) is 25.6. The Bertz CT molecular complexity index is 1070. The van der Waals surface area contributed by atoms with E-state index in [1.54, 1.807) is 0 Å². The molecule has 6 heteroatoms. The predicted octanol–water partition coefficient (Wildman–Crippen LogP) is 4.21. The van der Waals surface area contributed by atoms with Crippen LogP contribution in [0.15, 0.2) is 78.9 Å². The molecule has 1 aliphatic heterocycles. The van der Waals surface area contributed by atoms with Gasteiger partial charge in [-0.25, -0.2) is 4.79 Å². The number of urea groups is 1. The van der Waals surface area contributed by atoms with Gasteiger partial charge in [0.2, 0.25) is 5.91 Å². The molecular formula is C27H30N4O2. The van der Waals surface area contributed by atoms with Gasteiger partial charge in [0.1, 0.15) is 0 Å². The van der Waals surface area contributed by atoms with Gasteiger partial charge in [-0.2, -0.15) is 0 Å². The van der Waals surface area contributed by atoms with Crippen LogP contribution in [0.2, 0.25) is 0 Å². The molecule has 1 heterocycles. The van der Waals surface area contributed by atoms with E-state index in [0.29, 0.717) is 26.1 Å². The van der Waals surface area contributed by atoms with Crippen molar-refractivity contribution in [3.8, 4) is 0 Å². The second kappa shape index (κ2) is 10.7. The van der Waals surface area contributed by atoms with Gasteiger partial charge in [0.25, 0.3) is 0 Å². The summed E-state index contributed by atoms with van der Waals surface area (Å²) in [6.07, 6.45) is 0.453. The summed E-state index contributed by atoms with van der Waals surface area (Å²) in [7, 11) is 0. The number of hydrogen-bond acceptors (Lipinski definition) is 3. The molecule has 170 valence electrons. The number of carbonyl (C=O) groups is 2. The molecule has 0 aromatic heterocycles. The average Bonchev–Trinajstić information content (AvgIpc) is 2.84. The minimum Gasteiger partial charge on any atom is -0.368 e. The largest absolute Gasteiger partial charge is 0.368 e. The van der Waals surface area contributed by atoms with E-state index in [9.17, 15) is 9.59 Å². The molecule has 1 saturated heterocycles. The zero-order valence-electron chi connectivity index (χ0n) is 19.0. The van der Waals surface area contributed by atoms with Crippen molar-refractivity contribution < 1.29 is 9.59 Å². The van der Waals surface area contributed by atoms with Crippen LogP contribution in [-0.2, 0) is 17.8 Å². The fourth-order valence-electron chi connectivity index (χ4n) is 4.03. The zero-order valence-corrected chi connectivity index (χ0v) is 19.0. The minimum atomic E-state index is -0.229. The Labute approximate surface area is 195 Å². The van der Waals surface area contributed by atoms with Crippen LogP contribution in [0.25, 0.3) is 0 Å². The lowest BCUT2D eigenvalue weighted by molar-refractivity contribution is -0.130. The van der Waals surface area contributed by atoms with Gasteiger partial charge in [0.15, 0.2) is 0 Å². The highest BCUT2D eigenvalue weighted by molar-refractivity contribution is 5.89. The van der Waals surface area contributed by atoms with E-state index in [-0.39, 0.29) is 11.9 Å². The van der Waals surface area contributed by atoms with Gasteiger partial charge in [0.05, 0.1) is 6.42 Å². The van der Waals surface area contributed by atoms with Gasteiger partial charge in [-0.3, -0.25) is 4.79 Å². The molecule has 0 aliphatic carbocycles. The number of anilines is 2. The van der Waals surface area contributed by atoms with E-state index in [4.69, 9.17) is 0 Å². The smallest absolute Gasteiger partial charge is 0.319 e. The predicted molar refractivity (Wildman–Crippen MR) is 132 cm³/mol. The molecule has 0 unspecified atom stereocenters. The number of piperazine rings is 1. The quantitative estimate of drug-likeness (QED) is 0.601. The molecule has 33 heavy (non-hydrogen) atoms. The molecule has 6 nitrogen and oxygen atoms in total. The van der Waals surface area contributed by atoms with Gasteiger partial charge in [-0.05, 0) is 42.3 Å². The maximum atomic E-state index is 12.7. The van der Waals surface area contributed by atoms with Crippen LogP contribution in [-0.4, -0.2) is 43.0 Å². The molecule has 3 amide bonds. The van der Waals surface area contributed by atoms with Gasteiger partial charge in [-0.1, -0.05) is 60.2 Å². The first-order valence-electron chi connectivity index (χ1n) is 11.3. The van der Waals surface area contributed by atoms with E-state index < -0.39 is 0 Å². The molecular weight excluding hydrogens is 412 g/mol. The van der Waals surface area contributed by atoms with Crippen molar-refractivity contribution in [3.63, 3.8) is 0 Å². The number of rotatable bonds is 6. The van der Waals surface area contributed by atoms with Crippen LogP contribution < -0.4 is 15.5 Å². The first-order valence-corrected chi connectivity index (χ1v) is 11.3. The normalized spacial score (nSPS) is 13.5. The summed E-state index contributed by atoms with van der Waals surface area (Å²) in [6.45, 7) is 5.55. The molecule has 4 rings (SSSR count). The van der Waals surface area contributed by atoms with Crippen LogP contribution in [0.3, 0.4) is 0 Å². The van der Waals surface area contributed by atoms with Crippen LogP contribution in [0.1, 0.15) is 16.7 Å². The van der Waals surface area contributed by atoms with E-state index in [1.165, 1.54) is 5.56 Å². The Balaban J connectivity index is 1.23. The average molecular weight is 443 g/mol. The Morgan fingerprint density at radius 1 is 0.818 bits per heavy atom. The summed E-state index contributed by atoms with van der Waals surface area (Å²) in [5, 5.41) is 5.73. The Hall–Kier alpha value is -3.80. The van der Waals surface area contributed by atoms with E-state index in [2.05, 4.69) is 21.6 Å². The second-order valence-electron chi connectivity index (χ2n) is 8.37. The van der Waals surface area contributed by atoms with Gasteiger partial charge < -0.3 is 20.4 Å². The molecule has 0 bridgehead atoms. The minimum absolute atomic E-state index is 0.182. The van der Waals surface area contributed by atoms with Crippen molar-refractivity contribution in [2.24, 2.45) is 0 Å². The zero-order chi connectivity index (χ0) is 23.0. The molecule has 2 N–H and O–H groups in total. The number of aryl methyl sites for hydroxylation is 1. The van der Waals surface area contributed by atoms with Crippen molar-refractivity contribution in [1.29, 1.82) is 0 Å². The third kappa shape index (κ3) is 6.35. The number of benzene rings is 3. The molecule has 0 atom stereocenters. The maximum Gasteiger partial charge on any atom is 0.319 e. The lowest BCUT2D eigenvalue weighted by atomic mass is 10.1. The third-order valence-corrected chi connectivity index (χ3v) is 5.86. The summed E-state index contributed by atoms with van der Waals surface area (Å²) in [5.41, 5.74) is 5.14. The van der Waals surface area contributed by atoms with E-state index in [0.717, 1.165) is 35.6 Å². The first kappa shape index (κ1) is 22.4. The molecule has 1 fully saturated rings. The number of carbonyl (C=O) groups excluding carboxylic acids is 2. The molecule has 0 saturated carbocycles. The summed E-state index contributed by atoms with van der Waals surface area (Å²) in [4.78, 5) is 29.0. The summed E-state index contributed by atoms with van der Waals surface area (Å²) in [5.74, 6) is 0.182. The molecule has 3 aromatic carbocycles. The topological polar surface area (TPSA) is 64.7 Å². The molecule has 0 radical (unpaired) electrons. The van der Waals surface area contributed by atoms with Gasteiger partial charge in [-0.15, -0.1) is 0 Å². The van der Waals surface area contributed by atoms with E-state index >= 15 is 0 Å². The highest BCUT2D eigenvalue weighted by Gasteiger charge is 2.21. The van der Waals surface area contributed by atoms with Crippen LogP contribution in [0, 0.1) is 6.92 Å².